The van der Waals surface area contributed by atoms with Crippen LogP contribution < -0.4 is 10.5 Å². The van der Waals surface area contributed by atoms with Gasteiger partial charge in [0.15, 0.2) is 5.65 Å². The fourth-order valence-corrected chi connectivity index (χ4v) is 4.26. The van der Waals surface area contributed by atoms with Crippen molar-refractivity contribution in [2.75, 3.05) is 12.3 Å². The zero-order chi connectivity index (χ0) is 22.5. The highest BCUT2D eigenvalue weighted by molar-refractivity contribution is 5.96. The molecular formula is C24H23N7O2. The topological polar surface area (TPSA) is 112 Å². The summed E-state index contributed by atoms with van der Waals surface area (Å²) in [6.07, 6.45) is 6.69. The van der Waals surface area contributed by atoms with Crippen LogP contribution in [0.25, 0.3) is 16.9 Å². The summed E-state index contributed by atoms with van der Waals surface area (Å²) in [5, 5.41) is 4.16. The van der Waals surface area contributed by atoms with E-state index < -0.39 is 0 Å². The number of hydrogen-bond donors (Lipinski definition) is 1. The van der Waals surface area contributed by atoms with E-state index in [2.05, 4.69) is 15.1 Å². The van der Waals surface area contributed by atoms with Crippen LogP contribution in [0.5, 0.6) is 5.75 Å². The third-order valence-electron chi connectivity index (χ3n) is 6.16. The Balaban J connectivity index is 1.27. The molecule has 4 aromatic heterocycles. The molecule has 2 aliphatic rings. The maximum Gasteiger partial charge on any atom is 0.256 e. The molecule has 0 radical (unpaired) electrons. The maximum atomic E-state index is 13.2. The third kappa shape index (κ3) is 3.55. The van der Waals surface area contributed by atoms with E-state index in [0.29, 0.717) is 30.7 Å². The molecule has 1 amide bonds. The van der Waals surface area contributed by atoms with Crippen molar-refractivity contribution < 1.29 is 9.53 Å². The van der Waals surface area contributed by atoms with Gasteiger partial charge in [0.25, 0.3) is 5.91 Å². The number of amides is 1. The van der Waals surface area contributed by atoms with E-state index >= 15 is 0 Å². The lowest BCUT2D eigenvalue weighted by Crippen LogP contribution is -2.37. The van der Waals surface area contributed by atoms with E-state index in [1.54, 1.807) is 10.7 Å². The molecule has 6 rings (SSSR count). The summed E-state index contributed by atoms with van der Waals surface area (Å²) in [5.74, 6) is 0.973. The molecule has 0 spiro atoms. The van der Waals surface area contributed by atoms with Crippen LogP contribution in [0.3, 0.4) is 0 Å². The molecule has 2 N–H and O–H groups in total. The summed E-state index contributed by atoms with van der Waals surface area (Å²) in [7, 11) is 0. The molecule has 0 aromatic carbocycles. The van der Waals surface area contributed by atoms with Gasteiger partial charge in [-0.3, -0.25) is 14.8 Å². The Hall–Kier alpha value is -4.01. The van der Waals surface area contributed by atoms with Gasteiger partial charge in [-0.2, -0.15) is 4.98 Å². The fourth-order valence-electron chi connectivity index (χ4n) is 4.26. The molecule has 1 aliphatic carbocycles. The van der Waals surface area contributed by atoms with Gasteiger partial charge in [0, 0.05) is 36.5 Å². The number of nitrogens with two attached hydrogens (primary N) is 1. The number of ether oxygens (including phenoxy) is 1. The van der Waals surface area contributed by atoms with Gasteiger partial charge in [-0.05, 0) is 50.1 Å². The Morgan fingerprint density at radius 2 is 2.03 bits per heavy atom. The van der Waals surface area contributed by atoms with Crippen molar-refractivity contribution in [3.05, 3.63) is 65.2 Å². The first-order valence-electron chi connectivity index (χ1n) is 11.1. The first-order valence-corrected chi connectivity index (χ1v) is 11.1. The van der Waals surface area contributed by atoms with Crippen molar-refractivity contribution in [1.29, 1.82) is 0 Å². The van der Waals surface area contributed by atoms with Gasteiger partial charge in [-0.25, -0.2) is 4.52 Å². The molecular weight excluding hydrogens is 418 g/mol. The van der Waals surface area contributed by atoms with Crippen LogP contribution in [0.4, 0.5) is 5.95 Å². The third-order valence-corrected chi connectivity index (χ3v) is 6.16. The summed E-state index contributed by atoms with van der Waals surface area (Å²) in [5.41, 5.74) is 11.4. The molecule has 166 valence electrons. The molecule has 0 unspecified atom stereocenters. The number of carbonyl (C=O) groups is 1. The number of hydrogen-bond acceptors (Lipinski definition) is 7. The van der Waals surface area contributed by atoms with Crippen LogP contribution >= 0.6 is 0 Å². The first kappa shape index (κ1) is 19.7. The number of carbonyl (C=O) groups excluding carboxylic acids is 1. The van der Waals surface area contributed by atoms with Gasteiger partial charge in [0.2, 0.25) is 5.95 Å². The summed E-state index contributed by atoms with van der Waals surface area (Å²) in [6.45, 7) is 2.98. The van der Waals surface area contributed by atoms with E-state index in [4.69, 9.17) is 15.5 Å². The second-order valence-electron chi connectivity index (χ2n) is 8.53. The number of aromatic nitrogens is 5. The molecule has 1 aliphatic heterocycles. The van der Waals surface area contributed by atoms with E-state index in [0.717, 1.165) is 46.8 Å². The van der Waals surface area contributed by atoms with E-state index in [1.165, 1.54) is 0 Å². The number of anilines is 1. The Kier molecular flexibility index (Phi) is 4.49. The molecule has 33 heavy (non-hydrogen) atoms. The van der Waals surface area contributed by atoms with Crippen molar-refractivity contribution in [3.8, 4) is 17.0 Å². The molecule has 1 fully saturated rings. The van der Waals surface area contributed by atoms with Crippen LogP contribution in [0, 0.1) is 6.92 Å². The lowest BCUT2D eigenvalue weighted by Gasteiger charge is -2.28. The lowest BCUT2D eigenvalue weighted by atomic mass is 10.0. The van der Waals surface area contributed by atoms with Crippen LogP contribution in [0.15, 0.2) is 42.7 Å². The first-order chi connectivity index (χ1) is 16.1. The Labute approximate surface area is 190 Å². The number of nitrogens with zero attached hydrogens (tertiary/aromatic N) is 6. The van der Waals surface area contributed by atoms with Crippen LogP contribution in [0.1, 0.15) is 40.2 Å². The second-order valence-corrected chi connectivity index (χ2v) is 8.53. The largest absolute Gasteiger partial charge is 0.488 e. The molecule has 0 saturated heterocycles. The normalized spacial score (nSPS) is 15.7. The van der Waals surface area contributed by atoms with Gasteiger partial charge >= 0.3 is 0 Å². The number of fused-ring (bicyclic) bond motifs is 2. The summed E-state index contributed by atoms with van der Waals surface area (Å²) in [6, 6.07) is 9.51. The number of rotatable bonds is 5. The highest BCUT2D eigenvalue weighted by Gasteiger charge is 2.29. The maximum absolute atomic E-state index is 13.2. The fraction of sp³-hybridized carbons (Fsp3) is 0.292. The van der Waals surface area contributed by atoms with Gasteiger partial charge < -0.3 is 15.4 Å². The monoisotopic (exact) mass is 441 g/mol. The highest BCUT2D eigenvalue weighted by atomic mass is 16.5. The van der Waals surface area contributed by atoms with Crippen molar-refractivity contribution in [3.63, 3.8) is 0 Å². The lowest BCUT2D eigenvalue weighted by molar-refractivity contribution is 0.0721. The zero-order valence-corrected chi connectivity index (χ0v) is 18.2. The minimum atomic E-state index is -0.0317. The predicted molar refractivity (Wildman–Crippen MR) is 122 cm³/mol. The predicted octanol–water partition coefficient (Wildman–Crippen LogP) is 2.82. The number of pyridine rings is 3. The Bertz CT molecular complexity index is 1390. The molecule has 9 nitrogen and oxygen atoms in total. The van der Waals surface area contributed by atoms with Crippen molar-refractivity contribution in [1.82, 2.24) is 29.5 Å². The minimum absolute atomic E-state index is 0.0317. The second kappa shape index (κ2) is 7.54. The van der Waals surface area contributed by atoms with Crippen LogP contribution in [-0.4, -0.2) is 48.0 Å². The van der Waals surface area contributed by atoms with Crippen molar-refractivity contribution in [2.45, 2.75) is 38.8 Å². The van der Waals surface area contributed by atoms with E-state index in [-0.39, 0.29) is 18.0 Å². The van der Waals surface area contributed by atoms with Gasteiger partial charge in [-0.1, -0.05) is 0 Å². The van der Waals surface area contributed by atoms with E-state index in [1.807, 2.05) is 48.4 Å². The molecule has 0 bridgehead atoms. The van der Waals surface area contributed by atoms with Crippen LogP contribution in [0.2, 0.25) is 0 Å². The van der Waals surface area contributed by atoms with Gasteiger partial charge in [-0.15, -0.1) is 5.10 Å². The quantitative estimate of drug-likeness (QED) is 0.507. The molecule has 5 heterocycles. The van der Waals surface area contributed by atoms with Crippen molar-refractivity contribution >= 4 is 17.5 Å². The average Bonchev–Trinajstić information content (AvgIpc) is 3.55. The Morgan fingerprint density at radius 3 is 2.88 bits per heavy atom. The Morgan fingerprint density at radius 1 is 1.15 bits per heavy atom. The van der Waals surface area contributed by atoms with Crippen LogP contribution in [-0.2, 0) is 13.0 Å². The summed E-state index contributed by atoms with van der Waals surface area (Å²) >= 11 is 0. The number of nitrogen functional groups attached to an aromatic ring is 1. The average molecular weight is 441 g/mol. The molecule has 0 atom stereocenters. The minimum Gasteiger partial charge on any atom is -0.488 e. The van der Waals surface area contributed by atoms with Crippen molar-refractivity contribution in [2.24, 2.45) is 0 Å². The summed E-state index contributed by atoms with van der Waals surface area (Å²) in [4.78, 5) is 28.7. The smallest absolute Gasteiger partial charge is 0.256 e. The molecule has 1 saturated carbocycles. The SMILES string of the molecule is Cc1c(-c2ccc3c(n2)CCN(Cc2ncccc2OC2CC2)C3=O)ccn2nc(N)nc12. The van der Waals surface area contributed by atoms with E-state index in [9.17, 15) is 4.79 Å². The summed E-state index contributed by atoms with van der Waals surface area (Å²) < 4.78 is 7.64. The zero-order valence-electron chi connectivity index (χ0n) is 18.2. The van der Waals surface area contributed by atoms with Gasteiger partial charge in [0.05, 0.1) is 29.6 Å². The standard InChI is InChI=1S/C24H23N7O2/c1-14-16(8-12-31-22(14)28-24(25)29-31)18-7-6-17-19(27-18)9-11-30(23(17)32)13-20-21(3-2-10-26-20)33-15-4-5-15/h2-3,6-8,10,12,15H,4-5,9,11,13H2,1H3,(H2,25,29). The molecule has 9 heteroatoms. The highest BCUT2D eigenvalue weighted by Crippen LogP contribution is 2.31. The number of aryl methyl sites for hydroxylation is 1. The van der Waals surface area contributed by atoms with Gasteiger partial charge in [0.1, 0.15) is 11.4 Å². The molecule has 4 aromatic rings.